The lowest BCUT2D eigenvalue weighted by Crippen LogP contribution is -2.60. The van der Waals surface area contributed by atoms with Crippen molar-refractivity contribution < 1.29 is 78.0 Å². The van der Waals surface area contributed by atoms with Crippen LogP contribution in [0.25, 0.3) is 0 Å². The largest absolute Gasteiger partial charge is 0.481 e. The average molecular weight is 993 g/mol. The molecule has 0 fully saturated rings. The summed E-state index contributed by atoms with van der Waals surface area (Å²) in [4.78, 5) is 154. The van der Waals surface area contributed by atoms with Gasteiger partial charge in [0, 0.05) is 6.42 Å². The third-order valence-electron chi connectivity index (χ3n) is 10.5. The van der Waals surface area contributed by atoms with Crippen molar-refractivity contribution >= 4 is 71.1 Å². The third-order valence-corrected chi connectivity index (χ3v) is 10.5. The summed E-state index contributed by atoms with van der Waals surface area (Å²) in [5.74, 6) is -14.6. The molecule has 1 aromatic carbocycles. The van der Waals surface area contributed by atoms with Gasteiger partial charge in [0.15, 0.2) is 0 Å². The first kappa shape index (κ1) is 60.8. The van der Waals surface area contributed by atoms with Crippen molar-refractivity contribution in [3.8, 4) is 0 Å². The smallest absolute Gasteiger partial charge is 0.326 e. The Morgan fingerprint density at radius 3 is 1.53 bits per heavy atom. The molecule has 1 rings (SSSR count). The lowest BCUT2D eigenvalue weighted by atomic mass is 9.98. The molecule has 0 saturated heterocycles. The molecule has 0 radical (unpaired) electrons. The minimum Gasteiger partial charge on any atom is -0.481 e. The van der Waals surface area contributed by atoms with Crippen LogP contribution in [0.4, 0.5) is 0 Å². The van der Waals surface area contributed by atoms with Crippen LogP contribution in [0.1, 0.15) is 79.7 Å². The fraction of sp³-hybridized carbons (Fsp3) is 0.591. The van der Waals surface area contributed by atoms with Crippen LogP contribution < -0.4 is 53.6 Å². The number of carboxylic acid groups (broad SMARTS) is 3. The number of benzene rings is 1. The number of amides is 9. The van der Waals surface area contributed by atoms with Gasteiger partial charge in [-0.05, 0) is 36.7 Å². The van der Waals surface area contributed by atoms with E-state index in [9.17, 15) is 78.0 Å². The molecule has 26 nitrogen and oxygen atoms in total. The highest BCUT2D eigenvalue weighted by atomic mass is 16.4. The van der Waals surface area contributed by atoms with E-state index in [0.717, 1.165) is 6.92 Å². The Morgan fingerprint density at radius 1 is 0.543 bits per heavy atom. The van der Waals surface area contributed by atoms with Crippen molar-refractivity contribution in [3.63, 3.8) is 0 Å². The van der Waals surface area contributed by atoms with Crippen LogP contribution in [0.2, 0.25) is 0 Å². The van der Waals surface area contributed by atoms with Gasteiger partial charge in [-0.25, -0.2) is 4.79 Å². The van der Waals surface area contributed by atoms with Crippen molar-refractivity contribution in [1.29, 1.82) is 0 Å². The molecule has 0 heterocycles. The van der Waals surface area contributed by atoms with Gasteiger partial charge < -0.3 is 74.0 Å². The van der Waals surface area contributed by atoms with Gasteiger partial charge in [0.25, 0.3) is 0 Å². The maximum absolute atomic E-state index is 13.7. The highest BCUT2D eigenvalue weighted by molar-refractivity contribution is 5.99. The number of carbonyl (C=O) groups is 12. The Hall–Kier alpha value is -7.22. The lowest BCUT2D eigenvalue weighted by Gasteiger charge is -2.27. The number of carbonyl (C=O) groups excluding carboxylic acids is 9. The van der Waals surface area contributed by atoms with E-state index in [4.69, 9.17) is 5.73 Å². The molecule has 0 aliphatic carbocycles. The minimum absolute atomic E-state index is 0.0332. The molecule has 0 aliphatic rings. The minimum atomic E-state index is -1.83. The van der Waals surface area contributed by atoms with Gasteiger partial charge in [-0.15, -0.1) is 0 Å². The zero-order chi connectivity index (χ0) is 53.4. The number of aliphatic hydroxyl groups excluding tert-OH is 1. The number of rotatable bonds is 31. The molecule has 0 aliphatic heterocycles. The Labute approximate surface area is 404 Å². The average Bonchev–Trinajstić information content (AvgIpc) is 3.28. The lowest BCUT2D eigenvalue weighted by molar-refractivity contribution is -0.145. The van der Waals surface area contributed by atoms with Crippen LogP contribution in [0.15, 0.2) is 30.3 Å². The summed E-state index contributed by atoms with van der Waals surface area (Å²) in [7, 11) is 0. The number of carboxylic acids is 3. The molecule has 26 heteroatoms. The molecule has 0 spiro atoms. The van der Waals surface area contributed by atoms with E-state index in [1.807, 2.05) is 0 Å². The number of nitrogens with two attached hydrogens (primary N) is 1. The molecular formula is C44H68N10O16. The number of hydrogen-bond donors (Lipinski definition) is 14. The predicted octanol–water partition coefficient (Wildman–Crippen LogP) is -4.02. The van der Waals surface area contributed by atoms with Crippen LogP contribution in [0, 0.1) is 17.8 Å². The van der Waals surface area contributed by atoms with E-state index in [2.05, 4.69) is 47.9 Å². The molecule has 1 aromatic rings. The maximum Gasteiger partial charge on any atom is 0.326 e. The summed E-state index contributed by atoms with van der Waals surface area (Å²) < 4.78 is 0. The number of nitrogens with one attached hydrogen (secondary N) is 9. The molecule has 390 valence electrons. The Morgan fingerprint density at radius 2 is 1.03 bits per heavy atom. The Kier molecular flexibility index (Phi) is 26.3. The number of aliphatic hydroxyl groups is 1. The fourth-order valence-corrected chi connectivity index (χ4v) is 6.45. The zero-order valence-electron chi connectivity index (χ0n) is 40.2. The van der Waals surface area contributed by atoms with E-state index in [0.29, 0.717) is 12.0 Å². The predicted molar refractivity (Wildman–Crippen MR) is 246 cm³/mol. The number of aliphatic carboxylic acids is 3. The monoisotopic (exact) mass is 992 g/mol. The maximum atomic E-state index is 13.7. The first-order chi connectivity index (χ1) is 32.7. The van der Waals surface area contributed by atoms with Crippen LogP contribution in [0.5, 0.6) is 0 Å². The van der Waals surface area contributed by atoms with Crippen LogP contribution in [-0.2, 0) is 64.0 Å². The van der Waals surface area contributed by atoms with Crippen molar-refractivity contribution in [1.82, 2.24) is 47.9 Å². The van der Waals surface area contributed by atoms with E-state index < -0.39 is 164 Å². The number of hydrogen-bond acceptors (Lipinski definition) is 14. The Balaban J connectivity index is 3.19. The zero-order valence-corrected chi connectivity index (χ0v) is 40.2. The molecule has 9 amide bonds. The fourth-order valence-electron chi connectivity index (χ4n) is 6.45. The van der Waals surface area contributed by atoms with Crippen LogP contribution in [-0.4, -0.2) is 160 Å². The highest BCUT2D eigenvalue weighted by Crippen LogP contribution is 2.11. The highest BCUT2D eigenvalue weighted by Gasteiger charge is 2.35. The summed E-state index contributed by atoms with van der Waals surface area (Å²) in [6.07, 6.45) is -1.84. The molecule has 0 unspecified atom stereocenters. The van der Waals surface area contributed by atoms with Gasteiger partial charge >= 0.3 is 17.9 Å². The van der Waals surface area contributed by atoms with Crippen molar-refractivity contribution in [3.05, 3.63) is 35.9 Å². The second-order valence-corrected chi connectivity index (χ2v) is 17.2. The quantitative estimate of drug-likeness (QED) is 0.0337. The van der Waals surface area contributed by atoms with Crippen LogP contribution in [0.3, 0.4) is 0 Å². The molecule has 0 saturated carbocycles. The standard InChI is InChI=1S/C44H68N10O16/c1-8-23(6)36(44(69)70)54-41(66)29(17-34(60)61)51-40(65)27(15-25-12-10-9-11-13-25)50-37(62)24(7)47-39(64)28(16-33(58)59)48-32(57)19-46-38(63)26(14-21(2)3)52-43(68)35(22(4)5)53-42(67)30(20-55)49-31(56)18-45/h9-13,21-24,26-30,35-36,55H,8,14-20,45H2,1-7H3,(H,46,63)(H,47,64)(H,48,57)(H,49,56)(H,50,62)(H,51,65)(H,52,68)(H,53,67)(H,54,66)(H,58,59)(H,60,61)(H,69,70)/t23-,24-,26-,27-,28-,29-,30-,35-,36-/m0/s1. The second kappa shape index (κ2) is 30.3. The van der Waals surface area contributed by atoms with E-state index in [1.54, 1.807) is 71.9 Å². The summed E-state index contributed by atoms with van der Waals surface area (Å²) in [5, 5.41) is 59.2. The van der Waals surface area contributed by atoms with Gasteiger partial charge in [-0.2, -0.15) is 0 Å². The van der Waals surface area contributed by atoms with Gasteiger partial charge in [0.1, 0.15) is 48.3 Å². The van der Waals surface area contributed by atoms with Crippen molar-refractivity contribution in [2.75, 3.05) is 19.7 Å². The first-order valence-electron chi connectivity index (χ1n) is 22.4. The van der Waals surface area contributed by atoms with Crippen molar-refractivity contribution in [2.24, 2.45) is 23.5 Å². The molecule has 0 bridgehead atoms. The van der Waals surface area contributed by atoms with Crippen molar-refractivity contribution in [2.45, 2.75) is 129 Å². The molecule has 9 atom stereocenters. The van der Waals surface area contributed by atoms with E-state index in [-0.39, 0.29) is 18.8 Å². The Bertz CT molecular complexity index is 2020. The second-order valence-electron chi connectivity index (χ2n) is 17.2. The third kappa shape index (κ3) is 21.8. The first-order valence-corrected chi connectivity index (χ1v) is 22.4. The topological polar surface area (TPSA) is 420 Å². The SMILES string of the molecule is CC[C@H](C)[C@H](NC(=O)[C@H](CC(=O)O)NC(=O)[C@H](Cc1ccccc1)NC(=O)[C@H](C)NC(=O)[C@H](CC(=O)O)NC(=O)CNC(=O)[C@H](CC(C)C)NC(=O)[C@@H](NC(=O)[C@H](CO)NC(=O)CN)C(C)C)C(=O)O. The van der Waals surface area contributed by atoms with E-state index in [1.165, 1.54) is 0 Å². The summed E-state index contributed by atoms with van der Waals surface area (Å²) in [6, 6.07) is -3.99. The molecule has 70 heavy (non-hydrogen) atoms. The van der Waals surface area contributed by atoms with E-state index >= 15 is 0 Å². The molecule has 15 N–H and O–H groups in total. The molecular weight excluding hydrogens is 925 g/mol. The molecule has 0 aromatic heterocycles. The van der Waals surface area contributed by atoms with Crippen LogP contribution >= 0.6 is 0 Å². The summed E-state index contributed by atoms with van der Waals surface area (Å²) in [5.41, 5.74) is 5.75. The van der Waals surface area contributed by atoms with Gasteiger partial charge in [-0.3, -0.25) is 52.7 Å². The summed E-state index contributed by atoms with van der Waals surface area (Å²) in [6.45, 7) is 8.89. The van der Waals surface area contributed by atoms with Gasteiger partial charge in [-0.1, -0.05) is 78.3 Å². The summed E-state index contributed by atoms with van der Waals surface area (Å²) >= 11 is 0. The van der Waals surface area contributed by atoms with Gasteiger partial charge in [0.2, 0.25) is 53.2 Å². The van der Waals surface area contributed by atoms with Gasteiger partial charge in [0.05, 0.1) is 32.5 Å². The normalized spacial score (nSPS) is 14.8.